The van der Waals surface area contributed by atoms with Gasteiger partial charge in [-0.15, -0.1) is 11.3 Å². The van der Waals surface area contributed by atoms with Crippen LogP contribution in [0.3, 0.4) is 0 Å². The number of hydrogen-bond donors (Lipinski definition) is 1. The summed E-state index contributed by atoms with van der Waals surface area (Å²) < 4.78 is 0. The van der Waals surface area contributed by atoms with Gasteiger partial charge in [0.25, 0.3) is 0 Å². The highest BCUT2D eigenvalue weighted by Crippen LogP contribution is 2.37. The Morgan fingerprint density at radius 1 is 1.38 bits per heavy atom. The Bertz CT molecular complexity index is 662. The molecule has 0 radical (unpaired) electrons. The predicted octanol–water partition coefficient (Wildman–Crippen LogP) is 3.68. The summed E-state index contributed by atoms with van der Waals surface area (Å²) in [7, 11) is 0. The first-order valence-corrected chi connectivity index (χ1v) is 8.34. The Balaban J connectivity index is 2.05. The van der Waals surface area contributed by atoms with Gasteiger partial charge in [-0.2, -0.15) is 0 Å². The molecule has 1 aliphatic heterocycles. The number of nitrogens with two attached hydrogens (primary N) is 1. The Labute approximate surface area is 130 Å². The van der Waals surface area contributed by atoms with E-state index in [0.717, 1.165) is 30.2 Å². The summed E-state index contributed by atoms with van der Waals surface area (Å²) in [5.74, 6) is 2.71. The second-order valence-corrected chi connectivity index (χ2v) is 6.99. The molecule has 2 aromatic rings. The van der Waals surface area contributed by atoms with Crippen molar-refractivity contribution in [2.24, 2.45) is 0 Å². The number of thiophene rings is 1. The predicted molar refractivity (Wildman–Crippen MR) is 89.1 cm³/mol. The van der Waals surface area contributed by atoms with Crippen LogP contribution in [-0.2, 0) is 6.42 Å². The van der Waals surface area contributed by atoms with Crippen LogP contribution < -0.4 is 10.6 Å². The fraction of sp³-hybridized carbons (Fsp3) is 0.500. The third-order valence-electron chi connectivity index (χ3n) is 4.24. The first kappa shape index (κ1) is 14.3. The van der Waals surface area contributed by atoms with E-state index in [9.17, 15) is 0 Å². The zero-order valence-electron chi connectivity index (χ0n) is 13.1. The van der Waals surface area contributed by atoms with Crippen LogP contribution in [0.15, 0.2) is 11.4 Å². The van der Waals surface area contributed by atoms with Crippen molar-refractivity contribution in [1.82, 2.24) is 9.97 Å². The molecule has 1 aliphatic rings. The number of aromatic nitrogens is 2. The molecule has 1 unspecified atom stereocenters. The van der Waals surface area contributed by atoms with Crippen LogP contribution in [0.4, 0.5) is 11.6 Å². The Hall–Kier alpha value is -1.62. The van der Waals surface area contributed by atoms with Gasteiger partial charge >= 0.3 is 0 Å². The van der Waals surface area contributed by atoms with Gasteiger partial charge in [0.1, 0.15) is 17.5 Å². The normalized spacial score (nSPS) is 18.1. The van der Waals surface area contributed by atoms with Crippen molar-refractivity contribution in [3.63, 3.8) is 0 Å². The quantitative estimate of drug-likeness (QED) is 0.919. The summed E-state index contributed by atoms with van der Waals surface area (Å²) in [5, 5.41) is 2.19. The lowest BCUT2D eigenvalue weighted by Crippen LogP contribution is -2.34. The van der Waals surface area contributed by atoms with Crippen molar-refractivity contribution in [1.29, 1.82) is 0 Å². The van der Waals surface area contributed by atoms with Gasteiger partial charge < -0.3 is 10.6 Å². The van der Waals surface area contributed by atoms with E-state index < -0.39 is 0 Å². The van der Waals surface area contributed by atoms with Crippen molar-refractivity contribution in [3.05, 3.63) is 33.3 Å². The molecule has 2 N–H and O–H groups in total. The molecular weight excluding hydrogens is 280 g/mol. The average molecular weight is 302 g/mol. The van der Waals surface area contributed by atoms with Crippen LogP contribution in [0, 0.1) is 6.92 Å². The molecule has 0 saturated heterocycles. The zero-order chi connectivity index (χ0) is 15.1. The molecule has 2 aromatic heterocycles. The number of nitrogens with zero attached hydrogens (tertiary/aromatic N) is 3. The molecule has 3 rings (SSSR count). The first-order chi connectivity index (χ1) is 9.99. The summed E-state index contributed by atoms with van der Waals surface area (Å²) in [6, 6.07) is 2.58. The molecule has 21 heavy (non-hydrogen) atoms. The van der Waals surface area contributed by atoms with Crippen molar-refractivity contribution < 1.29 is 0 Å². The van der Waals surface area contributed by atoms with Crippen LogP contribution in [0.5, 0.6) is 0 Å². The maximum atomic E-state index is 6.11. The highest BCUT2D eigenvalue weighted by Gasteiger charge is 2.28. The Kier molecular flexibility index (Phi) is 3.61. The second kappa shape index (κ2) is 5.30. The number of fused-ring (bicyclic) bond motifs is 1. The molecule has 0 aliphatic carbocycles. The van der Waals surface area contributed by atoms with Gasteiger partial charge in [0.05, 0.1) is 6.04 Å². The van der Waals surface area contributed by atoms with Crippen LogP contribution in [0.2, 0.25) is 0 Å². The van der Waals surface area contributed by atoms with Gasteiger partial charge in [-0.3, -0.25) is 0 Å². The lowest BCUT2D eigenvalue weighted by molar-refractivity contribution is 0.617. The average Bonchev–Trinajstić information content (AvgIpc) is 2.92. The molecule has 1 atom stereocenters. The second-order valence-electron chi connectivity index (χ2n) is 5.99. The van der Waals surface area contributed by atoms with E-state index in [4.69, 9.17) is 10.7 Å². The maximum Gasteiger partial charge on any atom is 0.137 e. The molecule has 5 heteroatoms. The minimum absolute atomic E-state index is 0.281. The molecule has 0 amide bonds. The summed E-state index contributed by atoms with van der Waals surface area (Å²) in [5.41, 5.74) is 8.53. The minimum atomic E-state index is 0.281. The molecule has 0 spiro atoms. The molecule has 0 aromatic carbocycles. The van der Waals surface area contributed by atoms with Gasteiger partial charge in [-0.05, 0) is 37.3 Å². The largest absolute Gasteiger partial charge is 0.383 e. The van der Waals surface area contributed by atoms with Crippen LogP contribution in [-0.4, -0.2) is 16.5 Å². The summed E-state index contributed by atoms with van der Waals surface area (Å²) in [6.07, 6.45) is 1.08. The van der Waals surface area contributed by atoms with Crippen LogP contribution >= 0.6 is 11.3 Å². The van der Waals surface area contributed by atoms with Gasteiger partial charge in [0.15, 0.2) is 0 Å². The standard InChI is InChI=1S/C16H22N4S/c1-9(2)15-18-14(17)10(3)16(19-15)20-7-5-13-12(11(20)4)6-8-21-13/h6,8-9,11H,5,7H2,1-4H3,(H2,17,18,19). The molecule has 112 valence electrons. The van der Waals surface area contributed by atoms with E-state index >= 15 is 0 Å². The van der Waals surface area contributed by atoms with Crippen molar-refractivity contribution in [2.45, 2.75) is 46.1 Å². The zero-order valence-corrected chi connectivity index (χ0v) is 13.9. The SMILES string of the molecule is Cc1c(N)nc(C(C)C)nc1N1CCc2sccc2C1C. The molecule has 0 saturated carbocycles. The lowest BCUT2D eigenvalue weighted by Gasteiger charge is -2.36. The third kappa shape index (κ3) is 2.39. The summed E-state index contributed by atoms with van der Waals surface area (Å²) in [6.45, 7) is 9.46. The van der Waals surface area contributed by atoms with E-state index in [1.165, 1.54) is 10.4 Å². The Morgan fingerprint density at radius 3 is 2.86 bits per heavy atom. The van der Waals surface area contributed by atoms with Crippen molar-refractivity contribution in [2.75, 3.05) is 17.2 Å². The van der Waals surface area contributed by atoms with Crippen molar-refractivity contribution in [3.8, 4) is 0 Å². The summed E-state index contributed by atoms with van der Waals surface area (Å²) >= 11 is 1.86. The molecular formula is C16H22N4S. The van der Waals surface area contributed by atoms with Gasteiger partial charge in [0.2, 0.25) is 0 Å². The van der Waals surface area contributed by atoms with Crippen LogP contribution in [0.1, 0.15) is 54.6 Å². The molecule has 0 bridgehead atoms. The lowest BCUT2D eigenvalue weighted by atomic mass is 10.0. The summed E-state index contributed by atoms with van der Waals surface area (Å²) in [4.78, 5) is 13.1. The number of hydrogen-bond acceptors (Lipinski definition) is 5. The monoisotopic (exact) mass is 302 g/mol. The van der Waals surface area contributed by atoms with Crippen LogP contribution in [0.25, 0.3) is 0 Å². The van der Waals surface area contributed by atoms with Gasteiger partial charge in [0, 0.05) is 22.9 Å². The molecule has 3 heterocycles. The topological polar surface area (TPSA) is 55.0 Å². The van der Waals surface area contributed by atoms with E-state index in [1.54, 1.807) is 0 Å². The highest BCUT2D eigenvalue weighted by atomic mass is 32.1. The number of nitrogen functional groups attached to an aromatic ring is 1. The van der Waals surface area contributed by atoms with E-state index in [0.29, 0.717) is 11.9 Å². The highest BCUT2D eigenvalue weighted by molar-refractivity contribution is 7.10. The fourth-order valence-electron chi connectivity index (χ4n) is 2.88. The smallest absolute Gasteiger partial charge is 0.137 e. The fourth-order valence-corrected chi connectivity index (χ4v) is 3.84. The molecule has 4 nitrogen and oxygen atoms in total. The van der Waals surface area contributed by atoms with Gasteiger partial charge in [-0.1, -0.05) is 13.8 Å². The number of rotatable bonds is 2. The molecule has 0 fully saturated rings. The van der Waals surface area contributed by atoms with E-state index in [1.807, 2.05) is 18.3 Å². The third-order valence-corrected chi connectivity index (χ3v) is 5.24. The first-order valence-electron chi connectivity index (χ1n) is 7.46. The minimum Gasteiger partial charge on any atom is -0.383 e. The van der Waals surface area contributed by atoms with Gasteiger partial charge in [-0.25, -0.2) is 9.97 Å². The number of anilines is 2. The van der Waals surface area contributed by atoms with Crippen molar-refractivity contribution >= 4 is 23.0 Å². The Morgan fingerprint density at radius 2 is 2.14 bits per heavy atom. The van der Waals surface area contributed by atoms with E-state index in [2.05, 4.69) is 42.1 Å². The van der Waals surface area contributed by atoms with E-state index in [-0.39, 0.29) is 5.92 Å². The maximum absolute atomic E-state index is 6.11.